The van der Waals surface area contributed by atoms with Gasteiger partial charge in [-0.3, -0.25) is 0 Å². The van der Waals surface area contributed by atoms with Gasteiger partial charge < -0.3 is 15.2 Å². The van der Waals surface area contributed by atoms with E-state index in [2.05, 4.69) is 5.32 Å². The van der Waals surface area contributed by atoms with Crippen molar-refractivity contribution in [2.45, 2.75) is 19.4 Å². The zero-order valence-electron chi connectivity index (χ0n) is 6.43. The Hall–Kier alpha value is 0.642. The number of aliphatic hydroxyl groups excluding tert-OH is 1. The van der Waals surface area contributed by atoms with E-state index < -0.39 is 5.54 Å². The Morgan fingerprint density at radius 2 is 2.10 bits per heavy atom. The van der Waals surface area contributed by atoms with Crippen LogP contribution in [0.2, 0.25) is 0 Å². The number of ketones is 1. The van der Waals surface area contributed by atoms with Crippen molar-refractivity contribution in [2.75, 3.05) is 7.05 Å². The van der Waals surface area contributed by atoms with Gasteiger partial charge in [0.25, 0.3) is 0 Å². The molecule has 3 nitrogen and oxygen atoms in total. The molecule has 0 aromatic rings. The number of likely N-dealkylation sites (N-methyl/N-ethyl adjacent to an activating group) is 1. The second-order valence-corrected chi connectivity index (χ2v) is 2.14. The molecule has 0 amide bonds. The fraction of sp³-hybridized carbons (Fsp3) is 0.667. The number of rotatable bonds is 3. The van der Waals surface area contributed by atoms with Crippen LogP contribution in [0.25, 0.3) is 0 Å². The molecule has 0 fully saturated rings. The number of nitrogens with one attached hydrogen (secondary N) is 1. The predicted octanol–water partition coefficient (Wildman–Crippen LogP) is 0.0878. The molecule has 0 saturated carbocycles. The summed E-state index contributed by atoms with van der Waals surface area (Å²) in [6.07, 6.45) is 0. The number of hydrogen-bond donors (Lipinski definition) is 2. The Morgan fingerprint density at radius 1 is 1.70 bits per heavy atom. The first kappa shape index (κ1) is 13.2. The molecular formula is C6H12NO2U-. The first-order valence-electron chi connectivity index (χ1n) is 2.75. The summed E-state index contributed by atoms with van der Waals surface area (Å²) < 4.78 is 0. The minimum Gasteiger partial charge on any atom is -0.564 e. The smallest absolute Gasteiger partial charge is 0.121 e. The molecule has 58 valence electrons. The molecule has 0 heterocycles. The standard InChI is InChI=1S/C6H12NO2.U/c1-5(9)6(2,4-8)7-3;/h4,7-8H,1-3H3;/q-1;. The van der Waals surface area contributed by atoms with Gasteiger partial charge in [-0.05, 0) is 19.5 Å². The topological polar surface area (TPSA) is 49.3 Å². The largest absolute Gasteiger partial charge is 0.564 e. The van der Waals surface area contributed by atoms with Crippen molar-refractivity contribution in [3.05, 3.63) is 6.61 Å². The van der Waals surface area contributed by atoms with Crippen LogP contribution in [0, 0.1) is 37.7 Å². The molecule has 0 aromatic carbocycles. The third-order valence-electron chi connectivity index (χ3n) is 1.51. The van der Waals surface area contributed by atoms with E-state index in [9.17, 15) is 4.79 Å². The summed E-state index contributed by atoms with van der Waals surface area (Å²) in [5, 5.41) is 11.2. The maximum absolute atomic E-state index is 10.7. The minimum absolute atomic E-state index is 0. The molecule has 10 heavy (non-hydrogen) atoms. The molecule has 0 rings (SSSR count). The van der Waals surface area contributed by atoms with Crippen LogP contribution in [0.4, 0.5) is 0 Å². The second kappa shape index (κ2) is 5.31. The van der Waals surface area contributed by atoms with Crippen molar-refractivity contribution in [3.8, 4) is 0 Å². The van der Waals surface area contributed by atoms with E-state index in [0.29, 0.717) is 0 Å². The van der Waals surface area contributed by atoms with Crippen LogP contribution in [0.3, 0.4) is 0 Å². The van der Waals surface area contributed by atoms with Crippen LogP contribution >= 0.6 is 0 Å². The molecule has 0 aliphatic carbocycles. The Bertz CT molecular complexity index is 112. The molecule has 0 aliphatic rings. The molecule has 0 radical (unpaired) electrons. The van der Waals surface area contributed by atoms with Crippen LogP contribution in [0.5, 0.6) is 0 Å². The zero-order valence-corrected chi connectivity index (χ0v) is 10.6. The van der Waals surface area contributed by atoms with E-state index in [4.69, 9.17) is 5.11 Å². The van der Waals surface area contributed by atoms with Crippen molar-refractivity contribution < 1.29 is 41.0 Å². The fourth-order valence-corrected chi connectivity index (χ4v) is 0.331. The first-order valence-corrected chi connectivity index (χ1v) is 2.75. The van der Waals surface area contributed by atoms with Gasteiger partial charge in [0.15, 0.2) is 0 Å². The molecule has 0 saturated heterocycles. The van der Waals surface area contributed by atoms with Crippen molar-refractivity contribution in [1.82, 2.24) is 5.32 Å². The van der Waals surface area contributed by atoms with Gasteiger partial charge >= 0.3 is 0 Å². The Morgan fingerprint density at radius 3 is 2.10 bits per heavy atom. The normalized spacial score (nSPS) is 15.2. The number of aliphatic hydroxyl groups is 1. The van der Waals surface area contributed by atoms with Crippen molar-refractivity contribution >= 4 is 5.78 Å². The summed E-state index contributed by atoms with van der Waals surface area (Å²) in [5.41, 5.74) is -0.875. The maximum Gasteiger partial charge on any atom is 0.121 e. The van der Waals surface area contributed by atoms with E-state index in [1.165, 1.54) is 6.92 Å². The van der Waals surface area contributed by atoms with E-state index >= 15 is 0 Å². The number of Topliss-reactive ketones (excluding diaryl/α,β-unsaturated/α-hetero) is 1. The van der Waals surface area contributed by atoms with Crippen LogP contribution < -0.4 is 5.32 Å². The average molecular weight is 368 g/mol. The molecule has 0 aliphatic heterocycles. The minimum atomic E-state index is -0.875. The zero-order chi connectivity index (χ0) is 7.49. The van der Waals surface area contributed by atoms with E-state index in [-0.39, 0.29) is 36.9 Å². The summed E-state index contributed by atoms with van der Waals surface area (Å²) in [4.78, 5) is 10.7. The number of carbonyl (C=O) groups excluding carboxylic acids is 1. The van der Waals surface area contributed by atoms with Gasteiger partial charge in [-0.1, -0.05) is 6.92 Å². The second-order valence-electron chi connectivity index (χ2n) is 2.14. The summed E-state index contributed by atoms with van der Waals surface area (Å²) >= 11 is 0. The number of hydrogen-bond acceptors (Lipinski definition) is 3. The Labute approximate surface area is 84.9 Å². The van der Waals surface area contributed by atoms with Gasteiger partial charge in [-0.25, -0.2) is 0 Å². The van der Waals surface area contributed by atoms with Crippen LogP contribution in [0.1, 0.15) is 13.8 Å². The molecule has 0 aromatic heterocycles. The first-order chi connectivity index (χ1) is 4.06. The van der Waals surface area contributed by atoms with E-state index in [0.717, 1.165) is 6.61 Å². The van der Waals surface area contributed by atoms with Crippen LogP contribution in [0.15, 0.2) is 0 Å². The van der Waals surface area contributed by atoms with Gasteiger partial charge in [0, 0.05) is 31.1 Å². The van der Waals surface area contributed by atoms with E-state index in [1.807, 2.05) is 0 Å². The van der Waals surface area contributed by atoms with Crippen molar-refractivity contribution in [2.24, 2.45) is 0 Å². The maximum atomic E-state index is 10.7. The van der Waals surface area contributed by atoms with Crippen LogP contribution in [-0.2, 0) is 4.79 Å². The van der Waals surface area contributed by atoms with Crippen LogP contribution in [-0.4, -0.2) is 23.5 Å². The average Bonchev–Trinajstić information content (AvgIpc) is 1.86. The molecule has 0 spiro atoms. The van der Waals surface area contributed by atoms with E-state index in [1.54, 1.807) is 14.0 Å². The molecule has 1 atom stereocenters. The van der Waals surface area contributed by atoms with Crippen molar-refractivity contribution in [3.63, 3.8) is 0 Å². The fourth-order valence-electron chi connectivity index (χ4n) is 0.331. The summed E-state index contributed by atoms with van der Waals surface area (Å²) in [5.74, 6) is -0.104. The van der Waals surface area contributed by atoms with Gasteiger partial charge in [0.2, 0.25) is 0 Å². The molecule has 2 N–H and O–H groups in total. The van der Waals surface area contributed by atoms with Gasteiger partial charge in [0.05, 0.1) is 0 Å². The van der Waals surface area contributed by atoms with Gasteiger partial charge in [-0.2, -0.15) is 6.61 Å². The third kappa shape index (κ3) is 3.16. The summed E-state index contributed by atoms with van der Waals surface area (Å²) in [6.45, 7) is 3.88. The Balaban J connectivity index is 0. The third-order valence-corrected chi connectivity index (χ3v) is 1.51. The molecule has 4 heteroatoms. The quantitative estimate of drug-likeness (QED) is 0.695. The predicted molar refractivity (Wildman–Crippen MR) is 34.4 cm³/mol. The van der Waals surface area contributed by atoms with Gasteiger partial charge in [-0.15, -0.1) is 0 Å². The molecular weight excluding hydrogens is 356 g/mol. The SMILES string of the molecule is CNC(C)([CH-]O)C(C)=O.[U]. The molecule has 0 bridgehead atoms. The monoisotopic (exact) mass is 368 g/mol. The Kier molecular flexibility index (Phi) is 7.04. The summed E-state index contributed by atoms with van der Waals surface area (Å²) in [6, 6.07) is 0. The van der Waals surface area contributed by atoms with Gasteiger partial charge in [0.1, 0.15) is 5.78 Å². The number of carbonyl (C=O) groups is 1. The summed E-state index contributed by atoms with van der Waals surface area (Å²) in [7, 11) is 1.62. The molecule has 1 unspecified atom stereocenters. The van der Waals surface area contributed by atoms with Crippen molar-refractivity contribution in [1.29, 1.82) is 0 Å².